The summed E-state index contributed by atoms with van der Waals surface area (Å²) in [6, 6.07) is 7.27. The second-order valence-corrected chi connectivity index (χ2v) is 4.95. The molecular weight excluding hydrogens is 242 g/mol. The van der Waals surface area contributed by atoms with Crippen molar-refractivity contribution in [2.75, 3.05) is 27.3 Å². The van der Waals surface area contributed by atoms with Crippen molar-refractivity contribution in [1.29, 1.82) is 0 Å². The lowest BCUT2D eigenvalue weighted by Crippen LogP contribution is -2.41. The third-order valence-corrected chi connectivity index (χ3v) is 3.23. The van der Waals surface area contributed by atoms with Crippen LogP contribution in [0.5, 0.6) is 0 Å². The second kappa shape index (κ2) is 7.38. The zero-order valence-electron chi connectivity index (χ0n) is 12.1. The lowest BCUT2D eigenvalue weighted by atomic mass is 10.0. The number of carbonyl (C=O) groups is 1. The molecule has 1 aromatic carbocycles. The van der Waals surface area contributed by atoms with Gasteiger partial charge in [-0.1, -0.05) is 29.8 Å². The van der Waals surface area contributed by atoms with Gasteiger partial charge in [-0.05, 0) is 20.9 Å². The van der Waals surface area contributed by atoms with Gasteiger partial charge < -0.3 is 9.84 Å². The van der Waals surface area contributed by atoms with Gasteiger partial charge in [-0.25, -0.2) is 0 Å². The maximum absolute atomic E-state index is 12.3. The van der Waals surface area contributed by atoms with Crippen LogP contribution in [0.1, 0.15) is 22.8 Å². The van der Waals surface area contributed by atoms with Crippen LogP contribution < -0.4 is 0 Å². The highest BCUT2D eigenvalue weighted by Gasteiger charge is 2.21. The molecule has 19 heavy (non-hydrogen) atoms. The largest absolute Gasteiger partial charge is 0.389 e. The Balaban J connectivity index is 2.63. The van der Waals surface area contributed by atoms with Crippen molar-refractivity contribution in [3.63, 3.8) is 0 Å². The summed E-state index contributed by atoms with van der Waals surface area (Å²) in [5.41, 5.74) is 1.83. The number of methoxy groups -OCH3 is 1. The molecule has 106 valence electrons. The molecule has 2 atom stereocenters. The number of carbonyl (C=O) groups excluding carboxylic acids is 1. The zero-order chi connectivity index (χ0) is 14.4. The molecular formula is C15H23NO3. The molecule has 0 spiro atoms. The number of likely N-dealkylation sites (N-methyl/N-ethyl adjacent to an activating group) is 1. The molecule has 0 aliphatic rings. The van der Waals surface area contributed by atoms with Gasteiger partial charge in [0.2, 0.25) is 0 Å². The molecule has 1 rings (SSSR count). The summed E-state index contributed by atoms with van der Waals surface area (Å²) in [6.07, 6.45) is -0.580. The van der Waals surface area contributed by atoms with E-state index in [1.807, 2.05) is 50.1 Å². The molecule has 0 radical (unpaired) electrons. The Morgan fingerprint density at radius 2 is 1.95 bits per heavy atom. The number of Topliss-reactive ketones (excluding diaryl/α,β-unsaturated/α-hetero) is 1. The van der Waals surface area contributed by atoms with Crippen LogP contribution in [0.4, 0.5) is 0 Å². The quantitative estimate of drug-likeness (QED) is 0.759. The first-order valence-electron chi connectivity index (χ1n) is 6.43. The van der Waals surface area contributed by atoms with Crippen molar-refractivity contribution in [2.45, 2.75) is 26.0 Å². The minimum Gasteiger partial charge on any atom is -0.389 e. The van der Waals surface area contributed by atoms with Crippen LogP contribution in [-0.2, 0) is 4.74 Å². The van der Waals surface area contributed by atoms with Gasteiger partial charge in [0.1, 0.15) is 0 Å². The summed E-state index contributed by atoms with van der Waals surface area (Å²) < 4.78 is 4.88. The highest BCUT2D eigenvalue weighted by molar-refractivity contribution is 5.99. The van der Waals surface area contributed by atoms with Gasteiger partial charge in [-0.2, -0.15) is 0 Å². The van der Waals surface area contributed by atoms with E-state index in [4.69, 9.17) is 4.74 Å². The summed E-state index contributed by atoms with van der Waals surface area (Å²) in [4.78, 5) is 14.1. The van der Waals surface area contributed by atoms with Crippen molar-refractivity contribution in [3.05, 3.63) is 35.4 Å². The van der Waals surface area contributed by atoms with E-state index >= 15 is 0 Å². The van der Waals surface area contributed by atoms with Gasteiger partial charge in [0.15, 0.2) is 5.78 Å². The van der Waals surface area contributed by atoms with Crippen LogP contribution in [0.3, 0.4) is 0 Å². The number of aliphatic hydroxyl groups is 1. The Morgan fingerprint density at radius 3 is 2.47 bits per heavy atom. The molecule has 0 aliphatic carbocycles. The smallest absolute Gasteiger partial charge is 0.179 e. The van der Waals surface area contributed by atoms with Crippen LogP contribution in [0, 0.1) is 6.92 Å². The molecule has 0 amide bonds. The standard InChI is InChI=1S/C15H23NO3/c1-11-5-7-13(8-6-11)15(18)12(2)16(3)9-14(17)10-19-4/h5-8,12,14,17H,9-10H2,1-4H3. The average Bonchev–Trinajstić information content (AvgIpc) is 2.38. The van der Waals surface area contributed by atoms with E-state index in [0.29, 0.717) is 12.1 Å². The number of hydrogen-bond acceptors (Lipinski definition) is 4. The van der Waals surface area contributed by atoms with E-state index < -0.39 is 6.10 Å². The maximum atomic E-state index is 12.3. The lowest BCUT2D eigenvalue weighted by molar-refractivity contribution is 0.0351. The molecule has 1 aromatic rings. The topological polar surface area (TPSA) is 49.8 Å². The van der Waals surface area contributed by atoms with E-state index in [1.165, 1.54) is 0 Å². The van der Waals surface area contributed by atoms with Crippen molar-refractivity contribution in [1.82, 2.24) is 4.90 Å². The number of hydrogen-bond donors (Lipinski definition) is 1. The third-order valence-electron chi connectivity index (χ3n) is 3.23. The first-order valence-corrected chi connectivity index (χ1v) is 6.43. The molecule has 0 heterocycles. The molecule has 0 aromatic heterocycles. The molecule has 4 nitrogen and oxygen atoms in total. The number of aryl methyl sites for hydroxylation is 1. The maximum Gasteiger partial charge on any atom is 0.179 e. The number of benzene rings is 1. The predicted molar refractivity (Wildman–Crippen MR) is 75.5 cm³/mol. The first kappa shape index (κ1) is 15.8. The monoisotopic (exact) mass is 265 g/mol. The molecule has 0 fully saturated rings. The van der Waals surface area contributed by atoms with Gasteiger partial charge in [0.25, 0.3) is 0 Å². The molecule has 0 aliphatic heterocycles. The number of ether oxygens (including phenoxy) is 1. The molecule has 2 unspecified atom stereocenters. The average molecular weight is 265 g/mol. The zero-order valence-corrected chi connectivity index (χ0v) is 12.1. The Labute approximate surface area is 115 Å². The van der Waals surface area contributed by atoms with Crippen molar-refractivity contribution in [2.24, 2.45) is 0 Å². The van der Waals surface area contributed by atoms with Crippen LogP contribution in [-0.4, -0.2) is 55.2 Å². The van der Waals surface area contributed by atoms with E-state index in [0.717, 1.165) is 5.56 Å². The van der Waals surface area contributed by atoms with Gasteiger partial charge in [-0.3, -0.25) is 9.69 Å². The Kier molecular flexibility index (Phi) is 6.15. The van der Waals surface area contributed by atoms with Crippen LogP contribution in [0.15, 0.2) is 24.3 Å². The normalized spacial score (nSPS) is 14.4. The van der Waals surface area contributed by atoms with Gasteiger partial charge in [-0.15, -0.1) is 0 Å². The molecule has 0 saturated carbocycles. The fourth-order valence-corrected chi connectivity index (χ4v) is 1.89. The van der Waals surface area contributed by atoms with E-state index in [2.05, 4.69) is 0 Å². The van der Waals surface area contributed by atoms with Gasteiger partial charge in [0.05, 0.1) is 18.8 Å². The number of aliphatic hydroxyl groups excluding tert-OH is 1. The van der Waals surface area contributed by atoms with Crippen LogP contribution in [0.25, 0.3) is 0 Å². The third kappa shape index (κ3) is 4.74. The summed E-state index contributed by atoms with van der Waals surface area (Å²) in [6.45, 7) is 4.52. The first-order chi connectivity index (χ1) is 8.95. The fraction of sp³-hybridized carbons (Fsp3) is 0.533. The summed E-state index contributed by atoms with van der Waals surface area (Å²) in [5, 5.41) is 9.68. The highest BCUT2D eigenvalue weighted by atomic mass is 16.5. The van der Waals surface area contributed by atoms with E-state index in [-0.39, 0.29) is 18.4 Å². The second-order valence-electron chi connectivity index (χ2n) is 4.95. The summed E-state index contributed by atoms with van der Waals surface area (Å²) in [7, 11) is 3.37. The van der Waals surface area contributed by atoms with Crippen LogP contribution in [0.2, 0.25) is 0 Å². The number of nitrogens with zero attached hydrogens (tertiary/aromatic N) is 1. The minimum absolute atomic E-state index is 0.0621. The predicted octanol–water partition coefficient (Wildman–Crippen LogP) is 1.51. The molecule has 0 bridgehead atoms. The van der Waals surface area contributed by atoms with Crippen LogP contribution >= 0.6 is 0 Å². The van der Waals surface area contributed by atoms with Crippen molar-refractivity contribution >= 4 is 5.78 Å². The van der Waals surface area contributed by atoms with E-state index in [9.17, 15) is 9.90 Å². The summed E-state index contributed by atoms with van der Waals surface area (Å²) >= 11 is 0. The highest BCUT2D eigenvalue weighted by Crippen LogP contribution is 2.10. The Bertz CT molecular complexity index is 402. The lowest BCUT2D eigenvalue weighted by Gasteiger charge is -2.25. The Hall–Kier alpha value is -1.23. The minimum atomic E-state index is -0.580. The van der Waals surface area contributed by atoms with Crippen molar-refractivity contribution < 1.29 is 14.6 Å². The number of ketones is 1. The van der Waals surface area contributed by atoms with Gasteiger partial charge >= 0.3 is 0 Å². The fourth-order valence-electron chi connectivity index (χ4n) is 1.89. The Morgan fingerprint density at radius 1 is 1.37 bits per heavy atom. The van der Waals surface area contributed by atoms with E-state index in [1.54, 1.807) is 7.11 Å². The summed E-state index contributed by atoms with van der Waals surface area (Å²) in [5.74, 6) is 0.0621. The van der Waals surface area contributed by atoms with Crippen molar-refractivity contribution in [3.8, 4) is 0 Å². The van der Waals surface area contributed by atoms with Gasteiger partial charge in [0, 0.05) is 19.2 Å². The molecule has 4 heteroatoms. The number of rotatable bonds is 7. The molecule has 1 N–H and O–H groups in total. The molecule has 0 saturated heterocycles. The SMILES string of the molecule is COCC(O)CN(C)C(C)C(=O)c1ccc(C)cc1.